The van der Waals surface area contributed by atoms with Crippen LogP contribution in [0.25, 0.3) is 0 Å². The highest BCUT2D eigenvalue weighted by atomic mass is 16.1. The summed E-state index contributed by atoms with van der Waals surface area (Å²) in [6.07, 6.45) is 8.90. The summed E-state index contributed by atoms with van der Waals surface area (Å²) in [4.78, 5) is 17.9. The standard InChI is InChI=1S/C29H37N3O/c33-28(20-29-17-23-14-24(18-29)16-25(15-23)19-29)30-26-6-8-27(9-7-26)32-12-10-31(11-13-32)21-22-4-2-1-3-5-22/h1-9,23-25H,10-21H2,(H,30,33). The van der Waals surface area contributed by atoms with E-state index in [0.717, 1.165) is 62.6 Å². The number of hydrogen-bond acceptors (Lipinski definition) is 3. The maximum Gasteiger partial charge on any atom is 0.224 e. The monoisotopic (exact) mass is 443 g/mol. The molecule has 1 aliphatic heterocycles. The maximum atomic E-state index is 12.9. The summed E-state index contributed by atoms with van der Waals surface area (Å²) in [6, 6.07) is 19.3. The summed E-state index contributed by atoms with van der Waals surface area (Å²) in [5.41, 5.74) is 3.89. The van der Waals surface area contributed by atoms with Gasteiger partial charge in [-0.2, -0.15) is 0 Å². The van der Waals surface area contributed by atoms with Crippen molar-refractivity contribution in [3.05, 3.63) is 60.2 Å². The average Bonchev–Trinajstić information content (AvgIpc) is 2.79. The molecule has 4 aliphatic carbocycles. The number of nitrogens with one attached hydrogen (secondary N) is 1. The van der Waals surface area contributed by atoms with Gasteiger partial charge in [0.05, 0.1) is 0 Å². The smallest absolute Gasteiger partial charge is 0.224 e. The summed E-state index contributed by atoms with van der Waals surface area (Å²) in [5, 5.41) is 3.22. The van der Waals surface area contributed by atoms with E-state index < -0.39 is 0 Å². The molecule has 0 unspecified atom stereocenters. The van der Waals surface area contributed by atoms with Crippen LogP contribution < -0.4 is 10.2 Å². The van der Waals surface area contributed by atoms with Gasteiger partial charge in [0.1, 0.15) is 0 Å². The second-order valence-corrected chi connectivity index (χ2v) is 11.4. The van der Waals surface area contributed by atoms with Gasteiger partial charge >= 0.3 is 0 Å². The number of carbonyl (C=O) groups excluding carboxylic acids is 1. The molecule has 33 heavy (non-hydrogen) atoms. The van der Waals surface area contributed by atoms with Crippen molar-refractivity contribution in [3.63, 3.8) is 0 Å². The van der Waals surface area contributed by atoms with E-state index in [2.05, 4.69) is 69.7 Å². The van der Waals surface area contributed by atoms with Gasteiger partial charge in [-0.25, -0.2) is 0 Å². The number of nitrogens with zero attached hydrogens (tertiary/aromatic N) is 2. The van der Waals surface area contributed by atoms with Crippen molar-refractivity contribution >= 4 is 17.3 Å². The van der Waals surface area contributed by atoms with Crippen LogP contribution in [0.1, 0.15) is 50.5 Å². The third-order valence-corrected chi connectivity index (χ3v) is 8.84. The second-order valence-electron chi connectivity index (χ2n) is 11.4. The summed E-state index contributed by atoms with van der Waals surface area (Å²) in [6.45, 7) is 5.29. The topological polar surface area (TPSA) is 35.6 Å². The third-order valence-electron chi connectivity index (χ3n) is 8.84. The number of hydrogen-bond donors (Lipinski definition) is 1. The van der Waals surface area contributed by atoms with Gasteiger partial charge in [0.25, 0.3) is 0 Å². The zero-order chi connectivity index (χ0) is 22.3. The Morgan fingerprint density at radius 3 is 2.03 bits per heavy atom. The number of piperazine rings is 1. The summed E-state index contributed by atoms with van der Waals surface area (Å²) in [5.74, 6) is 2.92. The summed E-state index contributed by atoms with van der Waals surface area (Å²) < 4.78 is 0. The van der Waals surface area contributed by atoms with Crippen LogP contribution in [0.2, 0.25) is 0 Å². The Morgan fingerprint density at radius 2 is 1.42 bits per heavy atom. The third kappa shape index (κ3) is 4.68. The summed E-state index contributed by atoms with van der Waals surface area (Å²) in [7, 11) is 0. The molecule has 1 heterocycles. The molecule has 7 rings (SSSR count). The van der Waals surface area contributed by atoms with Crippen molar-refractivity contribution in [2.75, 3.05) is 36.4 Å². The van der Waals surface area contributed by atoms with Crippen LogP contribution in [0.5, 0.6) is 0 Å². The first-order chi connectivity index (χ1) is 16.1. The zero-order valence-electron chi connectivity index (χ0n) is 19.7. The van der Waals surface area contributed by atoms with Crippen molar-refractivity contribution in [3.8, 4) is 0 Å². The van der Waals surface area contributed by atoms with Crippen molar-refractivity contribution in [2.45, 2.75) is 51.5 Å². The predicted molar refractivity (Wildman–Crippen MR) is 134 cm³/mol. The fraction of sp³-hybridized carbons (Fsp3) is 0.552. The van der Waals surface area contributed by atoms with E-state index in [1.807, 2.05) is 0 Å². The minimum Gasteiger partial charge on any atom is -0.369 e. The van der Waals surface area contributed by atoms with Crippen molar-refractivity contribution in [1.29, 1.82) is 0 Å². The Bertz CT molecular complexity index is 927. The van der Waals surface area contributed by atoms with E-state index in [4.69, 9.17) is 0 Å². The van der Waals surface area contributed by atoms with Gasteiger partial charge in [0.15, 0.2) is 0 Å². The first-order valence-corrected chi connectivity index (χ1v) is 13.0. The molecular formula is C29H37N3O. The molecule has 4 saturated carbocycles. The Balaban J connectivity index is 1.00. The van der Waals surface area contributed by atoms with E-state index >= 15 is 0 Å². The lowest BCUT2D eigenvalue weighted by atomic mass is 9.49. The molecule has 1 N–H and O–H groups in total. The molecule has 174 valence electrons. The van der Waals surface area contributed by atoms with Crippen LogP contribution >= 0.6 is 0 Å². The zero-order valence-corrected chi connectivity index (χ0v) is 19.7. The molecule has 0 spiro atoms. The highest BCUT2D eigenvalue weighted by Gasteiger charge is 2.51. The van der Waals surface area contributed by atoms with Gasteiger partial charge in [0, 0.05) is 50.5 Å². The lowest BCUT2D eigenvalue weighted by Gasteiger charge is -2.56. The Morgan fingerprint density at radius 1 is 0.818 bits per heavy atom. The molecule has 5 aliphatic rings. The minimum atomic E-state index is 0.222. The summed E-state index contributed by atoms with van der Waals surface area (Å²) >= 11 is 0. The van der Waals surface area contributed by atoms with E-state index in [1.54, 1.807) is 0 Å². The van der Waals surface area contributed by atoms with Crippen molar-refractivity contribution < 1.29 is 4.79 Å². The molecule has 1 amide bonds. The maximum absolute atomic E-state index is 12.9. The molecule has 5 fully saturated rings. The van der Waals surface area contributed by atoms with Crippen LogP contribution in [-0.2, 0) is 11.3 Å². The molecule has 0 aromatic heterocycles. The predicted octanol–water partition coefficient (Wildman–Crippen LogP) is 5.55. The van der Waals surface area contributed by atoms with Gasteiger partial charge in [-0.05, 0) is 91.5 Å². The number of anilines is 2. The second kappa shape index (κ2) is 8.79. The molecule has 4 nitrogen and oxygen atoms in total. The minimum absolute atomic E-state index is 0.222. The quantitative estimate of drug-likeness (QED) is 0.635. The van der Waals surface area contributed by atoms with Gasteiger partial charge in [-0.3, -0.25) is 9.69 Å². The van der Waals surface area contributed by atoms with E-state index in [-0.39, 0.29) is 5.91 Å². The Hall–Kier alpha value is -2.33. The molecule has 4 bridgehead atoms. The molecule has 1 saturated heterocycles. The van der Waals surface area contributed by atoms with Crippen LogP contribution in [0.4, 0.5) is 11.4 Å². The normalized spacial score (nSPS) is 31.0. The lowest BCUT2D eigenvalue weighted by molar-refractivity contribution is -0.124. The number of amides is 1. The van der Waals surface area contributed by atoms with Crippen LogP contribution in [0.3, 0.4) is 0 Å². The molecule has 2 aromatic carbocycles. The molecule has 4 heteroatoms. The van der Waals surface area contributed by atoms with Crippen LogP contribution in [-0.4, -0.2) is 37.0 Å². The first kappa shape index (κ1) is 21.2. The highest BCUT2D eigenvalue weighted by molar-refractivity contribution is 5.91. The van der Waals surface area contributed by atoms with Gasteiger partial charge in [-0.15, -0.1) is 0 Å². The molecule has 0 atom stereocenters. The van der Waals surface area contributed by atoms with E-state index in [1.165, 1.54) is 49.8 Å². The SMILES string of the molecule is O=C(CC12CC3CC(CC(C3)C1)C2)Nc1ccc(N2CCN(Cc3ccccc3)CC2)cc1. The van der Waals surface area contributed by atoms with Crippen LogP contribution in [0, 0.1) is 23.2 Å². The molecular weight excluding hydrogens is 406 g/mol. The van der Waals surface area contributed by atoms with E-state index in [9.17, 15) is 4.79 Å². The Kier molecular flexibility index (Phi) is 5.65. The van der Waals surface area contributed by atoms with Gasteiger partial charge in [-0.1, -0.05) is 30.3 Å². The van der Waals surface area contributed by atoms with Gasteiger partial charge < -0.3 is 10.2 Å². The van der Waals surface area contributed by atoms with Crippen molar-refractivity contribution in [2.24, 2.45) is 23.2 Å². The lowest BCUT2D eigenvalue weighted by Crippen LogP contribution is -2.47. The average molecular weight is 444 g/mol. The van der Waals surface area contributed by atoms with E-state index in [0.29, 0.717) is 5.41 Å². The highest BCUT2D eigenvalue weighted by Crippen LogP contribution is 2.61. The fourth-order valence-corrected chi connectivity index (χ4v) is 7.81. The molecule has 2 aromatic rings. The first-order valence-electron chi connectivity index (χ1n) is 13.0. The fourth-order valence-electron chi connectivity index (χ4n) is 7.81. The van der Waals surface area contributed by atoms with Crippen LogP contribution in [0.15, 0.2) is 54.6 Å². The largest absolute Gasteiger partial charge is 0.369 e. The van der Waals surface area contributed by atoms with Crippen molar-refractivity contribution in [1.82, 2.24) is 4.90 Å². The Labute approximate surface area is 198 Å². The number of benzene rings is 2. The van der Waals surface area contributed by atoms with Gasteiger partial charge in [0.2, 0.25) is 5.91 Å². The number of carbonyl (C=O) groups is 1. The molecule has 0 radical (unpaired) electrons. The number of rotatable bonds is 6.